The monoisotopic (exact) mass is 855 g/mol. The van der Waals surface area contributed by atoms with Gasteiger partial charge in [0.05, 0.1) is 0 Å². The van der Waals surface area contributed by atoms with Crippen molar-refractivity contribution in [2.75, 3.05) is 13.2 Å². The Balaban J connectivity index is 4.61. The van der Waals surface area contributed by atoms with Gasteiger partial charge in [-0.2, -0.15) is 0 Å². The van der Waals surface area contributed by atoms with E-state index in [9.17, 15) is 14.4 Å². The Bertz CT molecular complexity index is 1400. The van der Waals surface area contributed by atoms with Crippen molar-refractivity contribution in [1.29, 1.82) is 0 Å². The minimum Gasteiger partial charge on any atom is -0.462 e. The van der Waals surface area contributed by atoms with Crippen molar-refractivity contribution in [3.63, 3.8) is 0 Å². The molecule has 0 aliphatic rings. The molecule has 6 heteroatoms. The van der Waals surface area contributed by atoms with Crippen LogP contribution in [0, 0.1) is 0 Å². The predicted molar refractivity (Wildman–Crippen MR) is 265 cm³/mol. The second kappa shape index (κ2) is 49.2. The first kappa shape index (κ1) is 57.5. The highest BCUT2D eigenvalue weighted by Crippen LogP contribution is 2.11. The number of hydrogen-bond acceptors (Lipinski definition) is 6. The van der Waals surface area contributed by atoms with Gasteiger partial charge in [-0.3, -0.25) is 14.4 Å². The van der Waals surface area contributed by atoms with Crippen LogP contribution in [0.1, 0.15) is 181 Å². The van der Waals surface area contributed by atoms with Crippen molar-refractivity contribution in [3.8, 4) is 0 Å². The third kappa shape index (κ3) is 46.6. The number of rotatable bonds is 41. The summed E-state index contributed by atoms with van der Waals surface area (Å²) in [5.74, 6) is -1.08. The molecule has 0 aliphatic heterocycles. The average Bonchev–Trinajstić information content (AvgIpc) is 3.27. The number of allylic oxidation sites excluding steroid dienone is 22. The van der Waals surface area contributed by atoms with Crippen LogP contribution in [-0.4, -0.2) is 37.2 Å². The van der Waals surface area contributed by atoms with Crippen molar-refractivity contribution in [3.05, 3.63) is 134 Å². The van der Waals surface area contributed by atoms with Gasteiger partial charge in [0.1, 0.15) is 13.2 Å². The van der Waals surface area contributed by atoms with E-state index >= 15 is 0 Å². The van der Waals surface area contributed by atoms with Gasteiger partial charge in [-0.25, -0.2) is 0 Å². The normalized spacial score (nSPS) is 13.3. The van der Waals surface area contributed by atoms with Crippen LogP contribution in [0.2, 0.25) is 0 Å². The maximum absolute atomic E-state index is 12.8. The molecule has 0 aromatic heterocycles. The highest BCUT2D eigenvalue weighted by molar-refractivity contribution is 5.71. The van der Waals surface area contributed by atoms with E-state index in [0.717, 1.165) is 89.9 Å². The Labute approximate surface area is 379 Å². The van der Waals surface area contributed by atoms with Crippen LogP contribution in [0.3, 0.4) is 0 Å². The van der Waals surface area contributed by atoms with Gasteiger partial charge in [0.25, 0.3) is 0 Å². The summed E-state index contributed by atoms with van der Waals surface area (Å²) in [6, 6.07) is 0. The molecule has 0 radical (unpaired) electrons. The molecule has 6 nitrogen and oxygen atoms in total. The molecular formula is C56H86O6. The molecule has 0 saturated carbocycles. The molecule has 0 heterocycles. The van der Waals surface area contributed by atoms with Crippen molar-refractivity contribution in [2.45, 2.75) is 187 Å². The smallest absolute Gasteiger partial charge is 0.306 e. The maximum Gasteiger partial charge on any atom is 0.306 e. The van der Waals surface area contributed by atoms with E-state index < -0.39 is 6.10 Å². The molecule has 0 aliphatic carbocycles. The van der Waals surface area contributed by atoms with Gasteiger partial charge in [0.2, 0.25) is 0 Å². The van der Waals surface area contributed by atoms with Crippen molar-refractivity contribution in [1.82, 2.24) is 0 Å². The van der Waals surface area contributed by atoms with Crippen molar-refractivity contribution < 1.29 is 28.6 Å². The number of ether oxygens (including phenoxy) is 3. The second-order valence-corrected chi connectivity index (χ2v) is 15.4. The fourth-order valence-electron chi connectivity index (χ4n) is 5.95. The standard InChI is InChI=1S/C56H86O6/c1-4-7-10-13-16-19-22-25-27-28-29-32-34-37-40-43-46-49-55(58)61-52-53(51-60-54(57)48-45-42-39-36-33-30-24-21-18-15-12-9-6-3)62-56(59)50-47-44-41-38-35-31-26-23-20-17-14-11-8-5-2/h7-8,10-11,13,16-17,19-20,22,25-34,39,42,53H,4-6,9,12,14-15,18,21,23-24,35-38,40-41,43-52H2,1-3H3/b10-7+,11-8+,16-13+,20-17+,22-19+,27-25+,29-28+,31-26+,33-30+,34-32+,42-39+. The quantitative estimate of drug-likeness (QED) is 0.0200. The van der Waals surface area contributed by atoms with Gasteiger partial charge >= 0.3 is 17.9 Å². The first-order chi connectivity index (χ1) is 30.5. The van der Waals surface area contributed by atoms with E-state index in [1.54, 1.807) is 0 Å². The van der Waals surface area contributed by atoms with Gasteiger partial charge in [-0.15, -0.1) is 0 Å². The fraction of sp³-hybridized carbons (Fsp3) is 0.554. The zero-order chi connectivity index (χ0) is 45.1. The number of unbranched alkanes of at least 4 members (excludes halogenated alkanes) is 13. The topological polar surface area (TPSA) is 78.9 Å². The van der Waals surface area contributed by atoms with E-state index in [-0.39, 0.29) is 50.4 Å². The van der Waals surface area contributed by atoms with Crippen molar-refractivity contribution >= 4 is 17.9 Å². The molecule has 0 saturated heterocycles. The lowest BCUT2D eigenvalue weighted by Gasteiger charge is -2.18. The summed E-state index contributed by atoms with van der Waals surface area (Å²) in [5.41, 5.74) is 0. The van der Waals surface area contributed by atoms with Crippen molar-refractivity contribution in [2.24, 2.45) is 0 Å². The molecule has 0 spiro atoms. The van der Waals surface area contributed by atoms with Crippen LogP contribution in [0.5, 0.6) is 0 Å². The van der Waals surface area contributed by atoms with Crippen LogP contribution in [-0.2, 0) is 28.6 Å². The molecule has 0 aromatic rings. The second-order valence-electron chi connectivity index (χ2n) is 15.4. The molecule has 0 rings (SSSR count). The minimum atomic E-state index is -0.835. The third-order valence-corrected chi connectivity index (χ3v) is 9.54. The first-order valence-electron chi connectivity index (χ1n) is 24.3. The van der Waals surface area contributed by atoms with Gasteiger partial charge in [0, 0.05) is 19.3 Å². The van der Waals surface area contributed by atoms with E-state index in [1.807, 2.05) is 66.8 Å². The summed E-state index contributed by atoms with van der Waals surface area (Å²) in [6.45, 7) is 6.23. The van der Waals surface area contributed by atoms with Crippen LogP contribution < -0.4 is 0 Å². The zero-order valence-electron chi connectivity index (χ0n) is 39.3. The van der Waals surface area contributed by atoms with E-state index in [0.29, 0.717) is 12.8 Å². The summed E-state index contributed by atoms with van der Waals surface area (Å²) in [5, 5.41) is 0. The van der Waals surface area contributed by atoms with Crippen LogP contribution in [0.15, 0.2) is 134 Å². The van der Waals surface area contributed by atoms with Crippen LogP contribution in [0.4, 0.5) is 0 Å². The van der Waals surface area contributed by atoms with E-state index in [4.69, 9.17) is 14.2 Å². The molecule has 0 amide bonds. The lowest BCUT2D eigenvalue weighted by molar-refractivity contribution is -0.166. The van der Waals surface area contributed by atoms with Crippen LogP contribution >= 0.6 is 0 Å². The van der Waals surface area contributed by atoms with E-state index in [1.165, 1.54) is 38.5 Å². The molecule has 62 heavy (non-hydrogen) atoms. The van der Waals surface area contributed by atoms with Gasteiger partial charge in [-0.1, -0.05) is 206 Å². The summed E-state index contributed by atoms with van der Waals surface area (Å²) in [7, 11) is 0. The molecule has 0 fully saturated rings. The fourth-order valence-corrected chi connectivity index (χ4v) is 5.95. The largest absolute Gasteiger partial charge is 0.462 e. The summed E-state index contributed by atoms with van der Waals surface area (Å²) in [4.78, 5) is 37.9. The third-order valence-electron chi connectivity index (χ3n) is 9.54. The van der Waals surface area contributed by atoms with Gasteiger partial charge in [-0.05, 0) is 89.9 Å². The first-order valence-corrected chi connectivity index (χ1v) is 24.3. The SMILES string of the molecule is CC/C=C/C=C/C=C/C=C/C=C/C=C/CCCCCC(=O)OCC(COC(=O)CC/C=C/C/C=C/CCCCCCCC)OC(=O)CCCCCC/C=C/C/C=C/C/C=C/CC. The summed E-state index contributed by atoms with van der Waals surface area (Å²) in [6.07, 6.45) is 68.7. The lowest BCUT2D eigenvalue weighted by atomic mass is 10.1. The number of carbonyl (C=O) groups is 3. The number of esters is 3. The lowest BCUT2D eigenvalue weighted by Crippen LogP contribution is -2.30. The average molecular weight is 855 g/mol. The predicted octanol–water partition coefficient (Wildman–Crippen LogP) is 15.9. The molecule has 0 bridgehead atoms. The number of carbonyl (C=O) groups excluding carboxylic acids is 3. The highest BCUT2D eigenvalue weighted by Gasteiger charge is 2.19. The van der Waals surface area contributed by atoms with Gasteiger partial charge < -0.3 is 14.2 Å². The summed E-state index contributed by atoms with van der Waals surface area (Å²) < 4.78 is 16.6. The molecule has 1 atom stereocenters. The molecule has 0 aromatic carbocycles. The van der Waals surface area contributed by atoms with Gasteiger partial charge in [0.15, 0.2) is 6.10 Å². The Hall–Kier alpha value is -4.45. The Morgan fingerprint density at radius 3 is 1.29 bits per heavy atom. The zero-order valence-corrected chi connectivity index (χ0v) is 39.3. The molecule has 1 unspecified atom stereocenters. The Morgan fingerprint density at radius 2 is 0.742 bits per heavy atom. The molecule has 0 N–H and O–H groups in total. The maximum atomic E-state index is 12.8. The number of hydrogen-bond donors (Lipinski definition) is 0. The Morgan fingerprint density at radius 1 is 0.355 bits per heavy atom. The molecular weight excluding hydrogens is 769 g/mol. The van der Waals surface area contributed by atoms with Crippen LogP contribution in [0.25, 0.3) is 0 Å². The molecule has 346 valence electrons. The Kier molecular flexibility index (Phi) is 45.7. The summed E-state index contributed by atoms with van der Waals surface area (Å²) >= 11 is 0. The highest BCUT2D eigenvalue weighted by atomic mass is 16.6. The van der Waals surface area contributed by atoms with E-state index in [2.05, 4.69) is 87.6 Å². The minimum absolute atomic E-state index is 0.133.